The van der Waals surface area contributed by atoms with Crippen LogP contribution in [0.15, 0.2) is 24.3 Å². The van der Waals surface area contributed by atoms with Gasteiger partial charge in [0.15, 0.2) is 0 Å². The largest absolute Gasteiger partial charge is 0.492 e. The highest BCUT2D eigenvalue weighted by Crippen LogP contribution is 2.26. The fourth-order valence-electron chi connectivity index (χ4n) is 3.14. The summed E-state index contributed by atoms with van der Waals surface area (Å²) in [6, 6.07) is 7.51. The Balaban J connectivity index is 1.80. The normalized spacial score (nSPS) is 26.6. The van der Waals surface area contributed by atoms with Crippen molar-refractivity contribution in [1.29, 1.82) is 0 Å². The summed E-state index contributed by atoms with van der Waals surface area (Å²) in [5.41, 5.74) is 0.481. The Labute approximate surface area is 127 Å². The molecule has 3 unspecified atom stereocenters. The van der Waals surface area contributed by atoms with E-state index >= 15 is 0 Å². The average Bonchev–Trinajstić information content (AvgIpc) is 2.44. The molecule has 116 valence electrons. The fourth-order valence-corrected chi connectivity index (χ4v) is 3.14. The van der Waals surface area contributed by atoms with Crippen molar-refractivity contribution < 1.29 is 14.8 Å². The van der Waals surface area contributed by atoms with E-state index < -0.39 is 7.12 Å². The predicted octanol–water partition coefficient (Wildman–Crippen LogP) is 1.11. The standard InChI is InChI=1S/C16H26BNO3/c1-12-10-13(2)14(3)18(11-12)8-9-21-16-6-4-15(5-7-16)17(19)20/h4-7,12-14,19-20H,8-11H2,1-3H3. The predicted molar refractivity (Wildman–Crippen MR) is 85.7 cm³/mol. The lowest BCUT2D eigenvalue weighted by molar-refractivity contribution is 0.0665. The van der Waals surface area contributed by atoms with Gasteiger partial charge in [-0.05, 0) is 42.8 Å². The van der Waals surface area contributed by atoms with Crippen molar-refractivity contribution in [2.24, 2.45) is 11.8 Å². The molecule has 2 rings (SSSR count). The molecule has 3 atom stereocenters. The van der Waals surface area contributed by atoms with Crippen molar-refractivity contribution in [3.8, 4) is 5.75 Å². The Kier molecular flexibility index (Phi) is 5.68. The number of rotatable bonds is 5. The SMILES string of the molecule is CC1CC(C)C(C)N(CCOc2ccc(B(O)O)cc2)C1. The zero-order chi connectivity index (χ0) is 15.4. The van der Waals surface area contributed by atoms with E-state index in [1.807, 2.05) is 0 Å². The highest BCUT2D eigenvalue weighted by molar-refractivity contribution is 6.58. The number of benzene rings is 1. The lowest BCUT2D eigenvalue weighted by Crippen LogP contribution is -2.47. The minimum Gasteiger partial charge on any atom is -0.492 e. The Morgan fingerprint density at radius 2 is 1.86 bits per heavy atom. The summed E-state index contributed by atoms with van der Waals surface area (Å²) in [5.74, 6) is 2.26. The van der Waals surface area contributed by atoms with E-state index in [-0.39, 0.29) is 0 Å². The number of hydrogen-bond acceptors (Lipinski definition) is 4. The quantitative estimate of drug-likeness (QED) is 0.798. The molecule has 1 aliphatic rings. The molecule has 0 saturated carbocycles. The maximum absolute atomic E-state index is 9.05. The van der Waals surface area contributed by atoms with Gasteiger partial charge in [0.2, 0.25) is 0 Å². The Bertz CT molecular complexity index is 438. The van der Waals surface area contributed by atoms with Crippen LogP contribution in [0.25, 0.3) is 0 Å². The summed E-state index contributed by atoms with van der Waals surface area (Å²) in [7, 11) is -1.42. The molecule has 0 spiro atoms. The van der Waals surface area contributed by atoms with Crippen LogP contribution in [0.1, 0.15) is 27.2 Å². The molecule has 5 heteroatoms. The molecule has 0 amide bonds. The molecule has 1 fully saturated rings. The molecule has 0 bridgehead atoms. The number of likely N-dealkylation sites (tertiary alicyclic amines) is 1. The molecular formula is C16H26BNO3. The number of ether oxygens (including phenoxy) is 1. The average molecular weight is 291 g/mol. The van der Waals surface area contributed by atoms with E-state index in [4.69, 9.17) is 14.8 Å². The van der Waals surface area contributed by atoms with Gasteiger partial charge < -0.3 is 14.8 Å². The first-order valence-corrected chi connectivity index (χ1v) is 7.80. The zero-order valence-corrected chi connectivity index (χ0v) is 13.2. The van der Waals surface area contributed by atoms with Crippen LogP contribution in [0.5, 0.6) is 5.75 Å². The van der Waals surface area contributed by atoms with Crippen LogP contribution in [0, 0.1) is 11.8 Å². The van der Waals surface area contributed by atoms with Gasteiger partial charge in [0, 0.05) is 19.1 Å². The van der Waals surface area contributed by atoms with Crippen molar-refractivity contribution in [2.45, 2.75) is 33.2 Å². The molecule has 1 saturated heterocycles. The number of piperidine rings is 1. The van der Waals surface area contributed by atoms with E-state index in [0.717, 1.165) is 30.7 Å². The van der Waals surface area contributed by atoms with Crippen molar-refractivity contribution in [3.05, 3.63) is 24.3 Å². The van der Waals surface area contributed by atoms with Crippen LogP contribution in [0.2, 0.25) is 0 Å². The minimum absolute atomic E-state index is 0.481. The third-order valence-electron chi connectivity index (χ3n) is 4.55. The molecule has 1 heterocycles. The highest BCUT2D eigenvalue weighted by Gasteiger charge is 2.28. The van der Waals surface area contributed by atoms with Crippen LogP contribution in [-0.4, -0.2) is 47.8 Å². The van der Waals surface area contributed by atoms with Gasteiger partial charge in [0.05, 0.1) is 0 Å². The van der Waals surface area contributed by atoms with Gasteiger partial charge in [0.25, 0.3) is 0 Å². The molecule has 0 aliphatic carbocycles. The summed E-state index contributed by atoms with van der Waals surface area (Å²) in [6.07, 6.45) is 1.31. The number of nitrogens with zero attached hydrogens (tertiary/aromatic N) is 1. The van der Waals surface area contributed by atoms with Gasteiger partial charge in [-0.3, -0.25) is 4.90 Å². The molecule has 21 heavy (non-hydrogen) atoms. The van der Waals surface area contributed by atoms with Gasteiger partial charge in [-0.2, -0.15) is 0 Å². The monoisotopic (exact) mass is 291 g/mol. The van der Waals surface area contributed by atoms with Crippen LogP contribution in [0.4, 0.5) is 0 Å². The van der Waals surface area contributed by atoms with Gasteiger partial charge in [-0.15, -0.1) is 0 Å². The van der Waals surface area contributed by atoms with E-state index in [2.05, 4.69) is 25.7 Å². The second-order valence-electron chi connectivity index (χ2n) is 6.34. The maximum atomic E-state index is 9.05. The van der Waals surface area contributed by atoms with Gasteiger partial charge in [-0.25, -0.2) is 0 Å². The van der Waals surface area contributed by atoms with E-state index in [0.29, 0.717) is 18.1 Å². The fraction of sp³-hybridized carbons (Fsp3) is 0.625. The first-order chi connectivity index (χ1) is 9.97. The molecule has 2 N–H and O–H groups in total. The van der Waals surface area contributed by atoms with Crippen molar-refractivity contribution >= 4 is 12.6 Å². The Hall–Kier alpha value is -1.04. The molecule has 1 aromatic rings. The topological polar surface area (TPSA) is 52.9 Å². The third-order valence-corrected chi connectivity index (χ3v) is 4.55. The van der Waals surface area contributed by atoms with Crippen molar-refractivity contribution in [1.82, 2.24) is 4.90 Å². The summed E-state index contributed by atoms with van der Waals surface area (Å²) >= 11 is 0. The summed E-state index contributed by atoms with van der Waals surface area (Å²) in [6.45, 7) is 9.67. The maximum Gasteiger partial charge on any atom is 0.488 e. The lowest BCUT2D eigenvalue weighted by Gasteiger charge is -2.41. The first-order valence-electron chi connectivity index (χ1n) is 7.80. The molecule has 0 radical (unpaired) electrons. The molecular weight excluding hydrogens is 265 g/mol. The summed E-state index contributed by atoms with van der Waals surface area (Å²) in [4.78, 5) is 2.50. The smallest absolute Gasteiger partial charge is 0.488 e. The van der Waals surface area contributed by atoms with Crippen LogP contribution >= 0.6 is 0 Å². The van der Waals surface area contributed by atoms with Crippen LogP contribution in [-0.2, 0) is 0 Å². The van der Waals surface area contributed by atoms with Gasteiger partial charge in [-0.1, -0.05) is 26.0 Å². The third kappa shape index (κ3) is 4.46. The Morgan fingerprint density at radius 3 is 2.48 bits per heavy atom. The molecule has 1 aliphatic heterocycles. The highest BCUT2D eigenvalue weighted by atomic mass is 16.5. The number of hydrogen-bond donors (Lipinski definition) is 2. The van der Waals surface area contributed by atoms with E-state index in [1.165, 1.54) is 6.42 Å². The van der Waals surface area contributed by atoms with Gasteiger partial charge in [0.1, 0.15) is 12.4 Å². The lowest BCUT2D eigenvalue weighted by atomic mass is 9.80. The second-order valence-corrected chi connectivity index (χ2v) is 6.34. The van der Waals surface area contributed by atoms with Gasteiger partial charge >= 0.3 is 7.12 Å². The second kappa shape index (κ2) is 7.30. The van der Waals surface area contributed by atoms with Crippen molar-refractivity contribution in [3.63, 3.8) is 0 Å². The first kappa shape index (κ1) is 16.3. The molecule has 1 aromatic carbocycles. The van der Waals surface area contributed by atoms with E-state index in [9.17, 15) is 0 Å². The van der Waals surface area contributed by atoms with Crippen LogP contribution in [0.3, 0.4) is 0 Å². The van der Waals surface area contributed by atoms with Crippen molar-refractivity contribution in [2.75, 3.05) is 19.7 Å². The Morgan fingerprint density at radius 1 is 1.19 bits per heavy atom. The van der Waals surface area contributed by atoms with E-state index in [1.54, 1.807) is 24.3 Å². The molecule has 4 nitrogen and oxygen atoms in total. The summed E-state index contributed by atoms with van der Waals surface area (Å²) < 4.78 is 5.76. The summed E-state index contributed by atoms with van der Waals surface area (Å²) in [5, 5.41) is 18.1. The minimum atomic E-state index is -1.42. The molecule has 0 aromatic heterocycles. The zero-order valence-electron chi connectivity index (χ0n) is 13.2. The van der Waals surface area contributed by atoms with Crippen LogP contribution < -0.4 is 10.2 Å².